The molecule has 0 amide bonds. The van der Waals surface area contributed by atoms with Crippen LogP contribution < -0.4 is 5.32 Å². The SMILES string of the molecule is O=[N+]([O-])c1cc(O)ccc1NC1CSc2ccccc21. The molecule has 1 aliphatic rings. The molecule has 102 valence electrons. The second kappa shape index (κ2) is 5.05. The van der Waals surface area contributed by atoms with Gasteiger partial charge in [-0.05, 0) is 23.8 Å². The number of aromatic hydroxyl groups is 1. The smallest absolute Gasteiger partial charge is 0.296 e. The lowest BCUT2D eigenvalue weighted by molar-refractivity contribution is -0.384. The van der Waals surface area contributed by atoms with E-state index in [-0.39, 0.29) is 17.5 Å². The number of nitro benzene ring substituents is 1. The molecule has 3 rings (SSSR count). The number of nitrogens with one attached hydrogen (secondary N) is 1. The molecule has 1 unspecified atom stereocenters. The first-order valence-corrected chi connectivity index (χ1v) is 7.09. The number of hydrogen-bond donors (Lipinski definition) is 2. The molecule has 1 aliphatic heterocycles. The van der Waals surface area contributed by atoms with Crippen molar-refractivity contribution < 1.29 is 10.0 Å². The molecule has 2 aromatic carbocycles. The van der Waals surface area contributed by atoms with Crippen LogP contribution in [0.1, 0.15) is 11.6 Å². The fourth-order valence-corrected chi connectivity index (χ4v) is 3.42. The van der Waals surface area contributed by atoms with Crippen molar-refractivity contribution in [2.75, 3.05) is 11.1 Å². The first-order valence-electron chi connectivity index (χ1n) is 6.11. The highest BCUT2D eigenvalue weighted by molar-refractivity contribution is 7.99. The maximum Gasteiger partial charge on any atom is 0.296 e. The molecule has 0 bridgehead atoms. The van der Waals surface area contributed by atoms with Gasteiger partial charge in [0.15, 0.2) is 0 Å². The standard InChI is InChI=1S/C14H12N2O3S/c17-9-5-6-11(13(7-9)16(18)19)15-12-8-20-14-4-2-1-3-10(12)14/h1-7,12,15,17H,8H2. The maximum absolute atomic E-state index is 11.0. The van der Waals surface area contributed by atoms with E-state index in [1.165, 1.54) is 11.0 Å². The van der Waals surface area contributed by atoms with Crippen LogP contribution in [-0.2, 0) is 0 Å². The number of benzene rings is 2. The van der Waals surface area contributed by atoms with Crippen LogP contribution in [0.2, 0.25) is 0 Å². The van der Waals surface area contributed by atoms with Crippen LogP contribution in [0.3, 0.4) is 0 Å². The predicted octanol–water partition coefficient (Wildman–Crippen LogP) is 3.56. The Balaban J connectivity index is 1.92. The molecule has 0 saturated carbocycles. The lowest BCUT2D eigenvalue weighted by atomic mass is 10.1. The van der Waals surface area contributed by atoms with Crippen LogP contribution in [-0.4, -0.2) is 15.8 Å². The lowest BCUT2D eigenvalue weighted by Crippen LogP contribution is -2.11. The minimum Gasteiger partial charge on any atom is -0.508 e. The van der Waals surface area contributed by atoms with Crippen LogP contribution in [0.5, 0.6) is 5.75 Å². The minimum absolute atomic E-state index is 0.0412. The number of phenols is 1. The normalized spacial score (nSPS) is 16.7. The second-order valence-corrected chi connectivity index (χ2v) is 5.57. The zero-order valence-electron chi connectivity index (χ0n) is 10.4. The molecule has 20 heavy (non-hydrogen) atoms. The van der Waals surface area contributed by atoms with Gasteiger partial charge in [0.25, 0.3) is 5.69 Å². The van der Waals surface area contributed by atoms with Crippen molar-refractivity contribution in [2.45, 2.75) is 10.9 Å². The molecule has 1 heterocycles. The van der Waals surface area contributed by atoms with Crippen LogP contribution in [0.4, 0.5) is 11.4 Å². The first kappa shape index (κ1) is 12.8. The van der Waals surface area contributed by atoms with Crippen molar-refractivity contribution in [3.8, 4) is 5.75 Å². The third-order valence-electron chi connectivity index (χ3n) is 3.21. The van der Waals surface area contributed by atoms with E-state index in [0.717, 1.165) is 17.4 Å². The van der Waals surface area contributed by atoms with Gasteiger partial charge in [0.05, 0.1) is 17.0 Å². The average Bonchev–Trinajstić information content (AvgIpc) is 2.84. The molecule has 0 aromatic heterocycles. The molecular weight excluding hydrogens is 276 g/mol. The van der Waals surface area contributed by atoms with Crippen LogP contribution in [0.15, 0.2) is 47.4 Å². The number of nitro groups is 1. The Hall–Kier alpha value is -2.21. The average molecular weight is 288 g/mol. The van der Waals surface area contributed by atoms with E-state index >= 15 is 0 Å². The summed E-state index contributed by atoms with van der Waals surface area (Å²) < 4.78 is 0. The molecular formula is C14H12N2O3S. The topological polar surface area (TPSA) is 75.4 Å². The van der Waals surface area contributed by atoms with Crippen LogP contribution in [0.25, 0.3) is 0 Å². The molecule has 1 atom stereocenters. The van der Waals surface area contributed by atoms with Gasteiger partial charge >= 0.3 is 0 Å². The zero-order chi connectivity index (χ0) is 14.1. The van der Waals surface area contributed by atoms with Crippen molar-refractivity contribution in [1.29, 1.82) is 0 Å². The van der Waals surface area contributed by atoms with Gasteiger partial charge in [-0.1, -0.05) is 18.2 Å². The van der Waals surface area contributed by atoms with Crippen LogP contribution in [0, 0.1) is 10.1 Å². The largest absolute Gasteiger partial charge is 0.508 e. The Morgan fingerprint density at radius 2 is 2.10 bits per heavy atom. The van der Waals surface area contributed by atoms with Crippen molar-refractivity contribution in [3.05, 3.63) is 58.1 Å². The summed E-state index contributed by atoms with van der Waals surface area (Å²) in [5.41, 5.74) is 1.47. The Labute approximate surface area is 119 Å². The van der Waals surface area contributed by atoms with Crippen LogP contribution >= 0.6 is 11.8 Å². The zero-order valence-corrected chi connectivity index (χ0v) is 11.3. The number of rotatable bonds is 3. The monoisotopic (exact) mass is 288 g/mol. The van der Waals surface area contributed by atoms with E-state index < -0.39 is 4.92 Å². The third-order valence-corrected chi connectivity index (χ3v) is 4.39. The molecule has 0 spiro atoms. The lowest BCUT2D eigenvalue weighted by Gasteiger charge is -2.14. The molecule has 2 aromatic rings. The highest BCUT2D eigenvalue weighted by Gasteiger charge is 2.25. The minimum atomic E-state index is -0.490. The van der Waals surface area contributed by atoms with E-state index in [1.54, 1.807) is 17.8 Å². The third kappa shape index (κ3) is 2.30. The van der Waals surface area contributed by atoms with Gasteiger partial charge < -0.3 is 10.4 Å². The van der Waals surface area contributed by atoms with E-state index in [0.29, 0.717) is 5.69 Å². The number of nitrogens with zero attached hydrogens (tertiary/aromatic N) is 1. The highest BCUT2D eigenvalue weighted by atomic mass is 32.2. The van der Waals surface area contributed by atoms with Crippen molar-refractivity contribution >= 4 is 23.1 Å². The fraction of sp³-hybridized carbons (Fsp3) is 0.143. The number of thioether (sulfide) groups is 1. The number of hydrogen-bond acceptors (Lipinski definition) is 5. The summed E-state index contributed by atoms with van der Waals surface area (Å²) in [5, 5.41) is 23.6. The highest BCUT2D eigenvalue weighted by Crippen LogP contribution is 2.41. The van der Waals surface area contributed by atoms with E-state index in [2.05, 4.69) is 5.32 Å². The molecule has 2 N–H and O–H groups in total. The molecule has 0 radical (unpaired) electrons. The van der Waals surface area contributed by atoms with Crippen molar-refractivity contribution in [1.82, 2.24) is 0 Å². The maximum atomic E-state index is 11.0. The molecule has 5 nitrogen and oxygen atoms in total. The predicted molar refractivity (Wildman–Crippen MR) is 78.3 cm³/mol. The van der Waals surface area contributed by atoms with E-state index in [4.69, 9.17) is 0 Å². The molecule has 6 heteroatoms. The second-order valence-electron chi connectivity index (χ2n) is 4.50. The summed E-state index contributed by atoms with van der Waals surface area (Å²) in [4.78, 5) is 11.8. The van der Waals surface area contributed by atoms with Gasteiger partial charge in [0.1, 0.15) is 11.4 Å². The summed E-state index contributed by atoms with van der Waals surface area (Å²) in [6, 6.07) is 12.2. The van der Waals surface area contributed by atoms with Gasteiger partial charge in [-0.2, -0.15) is 0 Å². The van der Waals surface area contributed by atoms with Gasteiger partial charge in [-0.15, -0.1) is 11.8 Å². The molecule has 0 aliphatic carbocycles. The fourth-order valence-electron chi connectivity index (χ4n) is 2.26. The molecule has 0 saturated heterocycles. The Bertz CT molecular complexity index is 675. The van der Waals surface area contributed by atoms with Gasteiger partial charge in [0.2, 0.25) is 0 Å². The van der Waals surface area contributed by atoms with E-state index in [1.807, 2.05) is 24.3 Å². The number of phenolic OH excluding ortho intramolecular Hbond substituents is 1. The Morgan fingerprint density at radius 1 is 1.30 bits per heavy atom. The summed E-state index contributed by atoms with van der Waals surface area (Å²) in [5.74, 6) is 0.723. The Kier molecular flexibility index (Phi) is 3.23. The quantitative estimate of drug-likeness (QED) is 0.513. The van der Waals surface area contributed by atoms with Gasteiger partial charge in [-0.3, -0.25) is 10.1 Å². The number of fused-ring (bicyclic) bond motifs is 1. The summed E-state index contributed by atoms with van der Waals surface area (Å²) >= 11 is 1.73. The van der Waals surface area contributed by atoms with Crippen molar-refractivity contribution in [2.24, 2.45) is 0 Å². The first-order chi connectivity index (χ1) is 9.65. The summed E-state index contributed by atoms with van der Waals surface area (Å²) in [7, 11) is 0. The number of anilines is 1. The van der Waals surface area contributed by atoms with E-state index in [9.17, 15) is 15.2 Å². The van der Waals surface area contributed by atoms with Gasteiger partial charge in [-0.25, -0.2) is 0 Å². The summed E-state index contributed by atoms with van der Waals surface area (Å²) in [6.07, 6.45) is 0. The molecule has 0 fully saturated rings. The van der Waals surface area contributed by atoms with Gasteiger partial charge in [0, 0.05) is 10.6 Å². The van der Waals surface area contributed by atoms with Crippen molar-refractivity contribution in [3.63, 3.8) is 0 Å². The summed E-state index contributed by atoms with van der Waals surface area (Å²) in [6.45, 7) is 0. The Morgan fingerprint density at radius 3 is 2.90 bits per heavy atom.